The molecule has 1 aromatic carbocycles. The molecule has 18 heavy (non-hydrogen) atoms. The molecular formula is C13H13N5. The second-order valence-electron chi connectivity index (χ2n) is 3.96. The fourth-order valence-electron chi connectivity index (χ4n) is 1.64. The Balaban J connectivity index is 2.33. The SMILES string of the molecule is Cc1ccc(C(C#N)c2ccc(NN)nn2)cc1. The van der Waals surface area contributed by atoms with Crippen molar-refractivity contribution in [2.45, 2.75) is 12.8 Å². The molecule has 0 aliphatic rings. The smallest absolute Gasteiger partial charge is 0.162 e. The Kier molecular flexibility index (Phi) is 3.51. The van der Waals surface area contributed by atoms with Crippen molar-refractivity contribution in [3.8, 4) is 6.07 Å². The molecule has 2 aromatic rings. The van der Waals surface area contributed by atoms with E-state index < -0.39 is 5.92 Å². The summed E-state index contributed by atoms with van der Waals surface area (Å²) >= 11 is 0. The summed E-state index contributed by atoms with van der Waals surface area (Å²) in [5, 5.41) is 17.1. The van der Waals surface area contributed by atoms with Crippen molar-refractivity contribution in [2.75, 3.05) is 5.43 Å². The van der Waals surface area contributed by atoms with E-state index in [1.54, 1.807) is 12.1 Å². The van der Waals surface area contributed by atoms with Crippen LogP contribution in [0.25, 0.3) is 0 Å². The van der Waals surface area contributed by atoms with Crippen LogP contribution in [0.1, 0.15) is 22.7 Å². The molecule has 1 atom stereocenters. The van der Waals surface area contributed by atoms with Gasteiger partial charge in [0.05, 0.1) is 11.8 Å². The predicted octanol–water partition coefficient (Wildman–Crippen LogP) is 1.73. The van der Waals surface area contributed by atoms with Gasteiger partial charge in [-0.25, -0.2) is 5.84 Å². The number of rotatable bonds is 3. The Morgan fingerprint density at radius 2 is 1.89 bits per heavy atom. The van der Waals surface area contributed by atoms with E-state index in [1.165, 1.54) is 0 Å². The molecular weight excluding hydrogens is 226 g/mol. The lowest BCUT2D eigenvalue weighted by molar-refractivity contribution is 0.884. The van der Waals surface area contributed by atoms with Gasteiger partial charge in [0.2, 0.25) is 0 Å². The predicted molar refractivity (Wildman–Crippen MR) is 68.5 cm³/mol. The van der Waals surface area contributed by atoms with Gasteiger partial charge in [0.25, 0.3) is 0 Å². The molecule has 0 saturated carbocycles. The second kappa shape index (κ2) is 5.25. The van der Waals surface area contributed by atoms with Crippen molar-refractivity contribution in [3.63, 3.8) is 0 Å². The summed E-state index contributed by atoms with van der Waals surface area (Å²) in [7, 11) is 0. The first kappa shape index (κ1) is 12.0. The molecule has 0 radical (unpaired) electrons. The van der Waals surface area contributed by atoms with Crippen LogP contribution in [0.2, 0.25) is 0 Å². The molecule has 0 aliphatic heterocycles. The van der Waals surface area contributed by atoms with Gasteiger partial charge in [0, 0.05) is 0 Å². The van der Waals surface area contributed by atoms with Crippen molar-refractivity contribution in [1.82, 2.24) is 10.2 Å². The summed E-state index contributed by atoms with van der Waals surface area (Å²) in [6.07, 6.45) is 0. The third-order valence-electron chi connectivity index (χ3n) is 2.67. The van der Waals surface area contributed by atoms with Gasteiger partial charge in [-0.15, -0.1) is 5.10 Å². The number of anilines is 1. The number of nitrogen functional groups attached to an aromatic ring is 1. The van der Waals surface area contributed by atoms with E-state index in [0.29, 0.717) is 11.5 Å². The molecule has 0 aliphatic carbocycles. The normalized spacial score (nSPS) is 11.6. The minimum Gasteiger partial charge on any atom is -0.307 e. The number of hydrogen-bond donors (Lipinski definition) is 2. The van der Waals surface area contributed by atoms with Crippen LogP contribution in [0.5, 0.6) is 0 Å². The summed E-state index contributed by atoms with van der Waals surface area (Å²) in [4.78, 5) is 0. The van der Waals surface area contributed by atoms with E-state index in [2.05, 4.69) is 21.7 Å². The zero-order valence-electron chi connectivity index (χ0n) is 9.96. The van der Waals surface area contributed by atoms with Gasteiger partial charge < -0.3 is 5.43 Å². The standard InChI is InChI=1S/C13H13N5/c1-9-2-4-10(5-3-9)11(8-14)12-6-7-13(16-15)18-17-12/h2-7,11H,15H2,1H3,(H,16,18). The van der Waals surface area contributed by atoms with E-state index in [4.69, 9.17) is 5.84 Å². The Labute approximate surface area is 105 Å². The molecule has 90 valence electrons. The van der Waals surface area contributed by atoms with Crippen LogP contribution in [0.4, 0.5) is 5.82 Å². The van der Waals surface area contributed by atoms with Crippen LogP contribution in [-0.4, -0.2) is 10.2 Å². The van der Waals surface area contributed by atoms with Gasteiger partial charge in [0.15, 0.2) is 5.82 Å². The van der Waals surface area contributed by atoms with Crippen molar-refractivity contribution < 1.29 is 0 Å². The van der Waals surface area contributed by atoms with Crippen molar-refractivity contribution in [1.29, 1.82) is 5.26 Å². The Bertz CT molecular complexity index is 553. The lowest BCUT2D eigenvalue weighted by Crippen LogP contribution is -2.10. The number of benzene rings is 1. The first-order valence-electron chi connectivity index (χ1n) is 5.51. The van der Waals surface area contributed by atoms with Crippen LogP contribution >= 0.6 is 0 Å². The molecule has 5 heteroatoms. The van der Waals surface area contributed by atoms with Gasteiger partial charge in [-0.2, -0.15) is 10.4 Å². The zero-order chi connectivity index (χ0) is 13.0. The molecule has 1 aromatic heterocycles. The average Bonchev–Trinajstić information content (AvgIpc) is 2.42. The van der Waals surface area contributed by atoms with Crippen molar-refractivity contribution in [2.24, 2.45) is 5.84 Å². The summed E-state index contributed by atoms with van der Waals surface area (Å²) in [5.74, 6) is 5.28. The third kappa shape index (κ3) is 2.44. The number of aromatic nitrogens is 2. The molecule has 0 fully saturated rings. The van der Waals surface area contributed by atoms with Crippen molar-refractivity contribution >= 4 is 5.82 Å². The number of nitrogens with two attached hydrogens (primary N) is 1. The number of aryl methyl sites for hydroxylation is 1. The highest BCUT2D eigenvalue weighted by molar-refractivity contribution is 5.38. The summed E-state index contributed by atoms with van der Waals surface area (Å²) < 4.78 is 0. The van der Waals surface area contributed by atoms with E-state index in [0.717, 1.165) is 11.1 Å². The van der Waals surface area contributed by atoms with E-state index >= 15 is 0 Å². The van der Waals surface area contributed by atoms with E-state index in [9.17, 15) is 5.26 Å². The Hall–Kier alpha value is -2.45. The summed E-state index contributed by atoms with van der Waals surface area (Å²) in [6.45, 7) is 2.01. The molecule has 0 saturated heterocycles. The molecule has 0 spiro atoms. The second-order valence-corrected chi connectivity index (χ2v) is 3.96. The molecule has 2 rings (SSSR count). The summed E-state index contributed by atoms with van der Waals surface area (Å²) in [5.41, 5.74) is 5.08. The minimum atomic E-state index is -0.412. The first-order chi connectivity index (χ1) is 8.74. The molecule has 1 unspecified atom stereocenters. The van der Waals surface area contributed by atoms with Crippen LogP contribution in [0.15, 0.2) is 36.4 Å². The van der Waals surface area contributed by atoms with Gasteiger partial charge in [-0.3, -0.25) is 0 Å². The molecule has 1 heterocycles. The van der Waals surface area contributed by atoms with E-state index in [1.807, 2.05) is 31.2 Å². The largest absolute Gasteiger partial charge is 0.307 e. The highest BCUT2D eigenvalue weighted by Gasteiger charge is 2.15. The van der Waals surface area contributed by atoms with Gasteiger partial charge in [0.1, 0.15) is 5.92 Å². The van der Waals surface area contributed by atoms with Crippen LogP contribution in [-0.2, 0) is 0 Å². The van der Waals surface area contributed by atoms with Gasteiger partial charge in [-0.1, -0.05) is 29.8 Å². The molecule has 0 amide bonds. The van der Waals surface area contributed by atoms with Crippen LogP contribution < -0.4 is 11.3 Å². The minimum absolute atomic E-state index is 0.412. The lowest BCUT2D eigenvalue weighted by Gasteiger charge is -2.09. The average molecular weight is 239 g/mol. The van der Waals surface area contributed by atoms with Gasteiger partial charge >= 0.3 is 0 Å². The lowest BCUT2D eigenvalue weighted by atomic mass is 9.96. The number of nitriles is 1. The maximum atomic E-state index is 9.27. The number of nitrogens with one attached hydrogen (secondary N) is 1. The first-order valence-corrected chi connectivity index (χ1v) is 5.51. The van der Waals surface area contributed by atoms with Gasteiger partial charge in [-0.05, 0) is 24.6 Å². The Morgan fingerprint density at radius 1 is 1.17 bits per heavy atom. The monoisotopic (exact) mass is 239 g/mol. The number of hydrogen-bond acceptors (Lipinski definition) is 5. The maximum Gasteiger partial charge on any atom is 0.162 e. The highest BCUT2D eigenvalue weighted by atomic mass is 15.3. The highest BCUT2D eigenvalue weighted by Crippen LogP contribution is 2.22. The fraction of sp³-hybridized carbons (Fsp3) is 0.154. The van der Waals surface area contributed by atoms with Crippen LogP contribution in [0.3, 0.4) is 0 Å². The Morgan fingerprint density at radius 3 is 2.39 bits per heavy atom. The fourth-order valence-corrected chi connectivity index (χ4v) is 1.64. The molecule has 0 bridgehead atoms. The quantitative estimate of drug-likeness (QED) is 0.629. The molecule has 5 nitrogen and oxygen atoms in total. The molecule has 3 N–H and O–H groups in total. The van der Waals surface area contributed by atoms with Crippen molar-refractivity contribution in [3.05, 3.63) is 53.2 Å². The topological polar surface area (TPSA) is 87.6 Å². The van der Waals surface area contributed by atoms with E-state index in [-0.39, 0.29) is 0 Å². The zero-order valence-corrected chi connectivity index (χ0v) is 9.96. The number of hydrazine groups is 1. The maximum absolute atomic E-state index is 9.27. The summed E-state index contributed by atoms with van der Waals surface area (Å²) in [6, 6.07) is 13.5. The number of nitrogens with zero attached hydrogens (tertiary/aromatic N) is 3. The van der Waals surface area contributed by atoms with Crippen LogP contribution in [0, 0.1) is 18.3 Å². The third-order valence-corrected chi connectivity index (χ3v) is 2.67.